The molecule has 3 heterocycles. The SMILES string of the molecule is COc1cc2c(cc1OC(C)C)-c1c(-c3cccs3)cc(C(C)=O)n1CC2. The number of ketones is 1. The highest BCUT2D eigenvalue weighted by Gasteiger charge is 2.27. The van der Waals surface area contributed by atoms with Crippen LogP contribution in [0.2, 0.25) is 0 Å². The molecule has 27 heavy (non-hydrogen) atoms. The van der Waals surface area contributed by atoms with Gasteiger partial charge in [-0.3, -0.25) is 4.79 Å². The van der Waals surface area contributed by atoms with Crippen LogP contribution < -0.4 is 9.47 Å². The predicted octanol–water partition coefficient (Wildman–Crippen LogP) is 5.44. The number of carbonyl (C=O) groups excluding carboxylic acids is 1. The number of methoxy groups -OCH3 is 1. The van der Waals surface area contributed by atoms with E-state index in [-0.39, 0.29) is 11.9 Å². The molecule has 1 aliphatic heterocycles. The van der Waals surface area contributed by atoms with Gasteiger partial charge in [-0.2, -0.15) is 0 Å². The normalized spacial score (nSPS) is 12.6. The molecule has 0 spiro atoms. The quantitative estimate of drug-likeness (QED) is 0.553. The molecule has 0 aliphatic carbocycles. The monoisotopic (exact) mass is 381 g/mol. The molecule has 4 rings (SSSR count). The van der Waals surface area contributed by atoms with Gasteiger partial charge < -0.3 is 14.0 Å². The number of nitrogens with zero attached hydrogens (tertiary/aromatic N) is 1. The Kier molecular flexibility index (Phi) is 4.56. The first-order chi connectivity index (χ1) is 13.0. The molecule has 0 radical (unpaired) electrons. The minimum absolute atomic E-state index is 0.0527. The number of fused-ring (bicyclic) bond motifs is 3. The van der Waals surface area contributed by atoms with Crippen molar-refractivity contribution in [1.82, 2.24) is 4.57 Å². The minimum atomic E-state index is 0.0527. The number of benzene rings is 1. The predicted molar refractivity (Wildman–Crippen MR) is 109 cm³/mol. The van der Waals surface area contributed by atoms with E-state index in [0.717, 1.165) is 47.0 Å². The molecule has 3 aromatic rings. The summed E-state index contributed by atoms with van der Waals surface area (Å²) >= 11 is 1.69. The number of hydrogen-bond donors (Lipinski definition) is 0. The summed E-state index contributed by atoms with van der Waals surface area (Å²) in [5.41, 5.74) is 5.31. The van der Waals surface area contributed by atoms with Gasteiger partial charge >= 0.3 is 0 Å². The number of hydrogen-bond acceptors (Lipinski definition) is 4. The second-order valence-electron chi connectivity index (χ2n) is 7.05. The van der Waals surface area contributed by atoms with Crippen LogP contribution in [0.5, 0.6) is 11.5 Å². The van der Waals surface area contributed by atoms with E-state index in [2.05, 4.69) is 28.1 Å². The smallest absolute Gasteiger partial charge is 0.176 e. The standard InChI is InChI=1S/C22H23NO3S/c1-13(2)26-20-12-16-15(10-19(20)25-4)7-8-23-18(14(3)24)11-17(22(16)23)21-6-5-9-27-21/h5-6,9-13H,7-8H2,1-4H3. The first-order valence-corrected chi connectivity index (χ1v) is 10.0. The Morgan fingerprint density at radius 2 is 2.00 bits per heavy atom. The van der Waals surface area contributed by atoms with Crippen molar-refractivity contribution in [3.05, 3.63) is 47.0 Å². The number of thiophene rings is 1. The van der Waals surface area contributed by atoms with Gasteiger partial charge in [0.25, 0.3) is 0 Å². The van der Waals surface area contributed by atoms with Crippen LogP contribution in [0.25, 0.3) is 21.7 Å². The largest absolute Gasteiger partial charge is 0.493 e. The molecule has 1 aliphatic rings. The van der Waals surface area contributed by atoms with Gasteiger partial charge in [0, 0.05) is 29.5 Å². The van der Waals surface area contributed by atoms with Crippen molar-refractivity contribution < 1.29 is 14.3 Å². The van der Waals surface area contributed by atoms with Crippen molar-refractivity contribution in [2.45, 2.75) is 39.8 Å². The van der Waals surface area contributed by atoms with Gasteiger partial charge in [-0.25, -0.2) is 0 Å². The summed E-state index contributed by atoms with van der Waals surface area (Å²) in [5.74, 6) is 1.59. The number of Topliss-reactive ketones (excluding diaryl/α,β-unsaturated/α-hetero) is 1. The lowest BCUT2D eigenvalue weighted by Gasteiger charge is -2.24. The minimum Gasteiger partial charge on any atom is -0.493 e. The van der Waals surface area contributed by atoms with Crippen LogP contribution in [0.3, 0.4) is 0 Å². The fourth-order valence-corrected chi connectivity index (χ4v) is 4.49. The number of aryl methyl sites for hydroxylation is 1. The number of ether oxygens (including phenoxy) is 2. The third-order valence-corrected chi connectivity index (χ3v) is 5.76. The number of aromatic nitrogens is 1. The molecule has 0 saturated heterocycles. The van der Waals surface area contributed by atoms with Crippen LogP contribution in [-0.2, 0) is 13.0 Å². The zero-order valence-corrected chi connectivity index (χ0v) is 16.9. The van der Waals surface area contributed by atoms with Crippen molar-refractivity contribution in [2.24, 2.45) is 0 Å². The molecule has 2 aromatic heterocycles. The highest BCUT2D eigenvalue weighted by atomic mass is 32.1. The Labute approximate surface area is 163 Å². The highest BCUT2D eigenvalue weighted by Crippen LogP contribution is 2.45. The van der Waals surface area contributed by atoms with Crippen molar-refractivity contribution in [2.75, 3.05) is 7.11 Å². The maximum Gasteiger partial charge on any atom is 0.176 e. The summed E-state index contributed by atoms with van der Waals surface area (Å²) < 4.78 is 13.7. The van der Waals surface area contributed by atoms with Gasteiger partial charge in [0.2, 0.25) is 0 Å². The van der Waals surface area contributed by atoms with Gasteiger partial charge in [0.1, 0.15) is 0 Å². The summed E-state index contributed by atoms with van der Waals surface area (Å²) in [6, 6.07) is 10.3. The Balaban J connectivity index is 1.97. The third-order valence-electron chi connectivity index (χ3n) is 4.86. The maximum absolute atomic E-state index is 12.3. The third kappa shape index (κ3) is 3.06. The second kappa shape index (κ2) is 6.89. The Hall–Kier alpha value is -2.53. The van der Waals surface area contributed by atoms with E-state index in [1.165, 1.54) is 10.4 Å². The molecule has 140 valence electrons. The summed E-state index contributed by atoms with van der Waals surface area (Å²) in [7, 11) is 1.67. The van der Waals surface area contributed by atoms with Gasteiger partial charge in [-0.15, -0.1) is 11.3 Å². The average molecular weight is 381 g/mol. The Morgan fingerprint density at radius 3 is 2.63 bits per heavy atom. The molecule has 0 saturated carbocycles. The van der Waals surface area contributed by atoms with Crippen LogP contribution in [0, 0.1) is 0 Å². The first-order valence-electron chi connectivity index (χ1n) is 9.16. The summed E-state index contributed by atoms with van der Waals surface area (Å²) in [6.45, 7) is 6.44. The number of rotatable bonds is 5. The lowest BCUT2D eigenvalue weighted by Crippen LogP contribution is -2.16. The molecule has 0 N–H and O–H groups in total. The van der Waals surface area contributed by atoms with E-state index in [1.54, 1.807) is 25.4 Å². The van der Waals surface area contributed by atoms with E-state index in [1.807, 2.05) is 26.0 Å². The van der Waals surface area contributed by atoms with Crippen LogP contribution in [0.15, 0.2) is 35.7 Å². The van der Waals surface area contributed by atoms with E-state index in [4.69, 9.17) is 9.47 Å². The zero-order chi connectivity index (χ0) is 19.1. The van der Waals surface area contributed by atoms with Crippen LogP contribution >= 0.6 is 11.3 Å². The van der Waals surface area contributed by atoms with E-state index >= 15 is 0 Å². The highest BCUT2D eigenvalue weighted by molar-refractivity contribution is 7.13. The van der Waals surface area contributed by atoms with Crippen LogP contribution in [0.1, 0.15) is 36.8 Å². The summed E-state index contributed by atoms with van der Waals surface area (Å²) in [5, 5.41) is 2.07. The molecule has 5 heteroatoms. The number of carbonyl (C=O) groups is 1. The summed E-state index contributed by atoms with van der Waals surface area (Å²) in [4.78, 5) is 13.4. The average Bonchev–Trinajstić information content (AvgIpc) is 3.28. The molecule has 0 fully saturated rings. The van der Waals surface area contributed by atoms with Gasteiger partial charge in [-0.1, -0.05) is 6.07 Å². The van der Waals surface area contributed by atoms with Gasteiger partial charge in [-0.05, 0) is 55.5 Å². The lowest BCUT2D eigenvalue weighted by atomic mass is 9.95. The molecule has 0 atom stereocenters. The molecular formula is C22H23NO3S. The van der Waals surface area contributed by atoms with Gasteiger partial charge in [0.05, 0.1) is 24.6 Å². The van der Waals surface area contributed by atoms with Crippen LogP contribution in [0.4, 0.5) is 0 Å². The molecule has 1 aromatic carbocycles. The van der Waals surface area contributed by atoms with E-state index in [9.17, 15) is 4.79 Å². The molecule has 0 bridgehead atoms. The van der Waals surface area contributed by atoms with Crippen LogP contribution in [-0.4, -0.2) is 23.6 Å². The Morgan fingerprint density at radius 1 is 1.19 bits per heavy atom. The van der Waals surface area contributed by atoms with Crippen molar-refractivity contribution >= 4 is 17.1 Å². The molecule has 4 nitrogen and oxygen atoms in total. The molecular weight excluding hydrogens is 358 g/mol. The van der Waals surface area contributed by atoms with Crippen molar-refractivity contribution in [3.63, 3.8) is 0 Å². The second-order valence-corrected chi connectivity index (χ2v) is 8.00. The fourth-order valence-electron chi connectivity index (χ4n) is 3.75. The lowest BCUT2D eigenvalue weighted by molar-refractivity contribution is 0.100. The van der Waals surface area contributed by atoms with E-state index < -0.39 is 0 Å². The maximum atomic E-state index is 12.3. The topological polar surface area (TPSA) is 40.5 Å². The first kappa shape index (κ1) is 17.9. The van der Waals surface area contributed by atoms with E-state index in [0.29, 0.717) is 0 Å². The van der Waals surface area contributed by atoms with Gasteiger partial charge in [0.15, 0.2) is 17.3 Å². The zero-order valence-electron chi connectivity index (χ0n) is 16.0. The fraction of sp³-hybridized carbons (Fsp3) is 0.318. The Bertz CT molecular complexity index is 999. The summed E-state index contributed by atoms with van der Waals surface area (Å²) in [6.07, 6.45) is 0.913. The molecule has 0 amide bonds. The van der Waals surface area contributed by atoms with Crippen molar-refractivity contribution in [3.8, 4) is 33.2 Å². The van der Waals surface area contributed by atoms with Crippen molar-refractivity contribution in [1.29, 1.82) is 0 Å². The molecule has 0 unspecified atom stereocenters.